The van der Waals surface area contributed by atoms with Crippen molar-refractivity contribution in [3.63, 3.8) is 0 Å². The summed E-state index contributed by atoms with van der Waals surface area (Å²) in [5.74, 6) is 0.889. The normalized spacial score (nSPS) is 16.0. The molecule has 2 heterocycles. The number of fused-ring (bicyclic) bond motifs is 1. The number of nitrogens with two attached hydrogens (primary N) is 1. The van der Waals surface area contributed by atoms with E-state index in [0.29, 0.717) is 11.3 Å². The van der Waals surface area contributed by atoms with Gasteiger partial charge in [0.15, 0.2) is 0 Å². The van der Waals surface area contributed by atoms with Crippen molar-refractivity contribution < 1.29 is 8.42 Å². The maximum atomic E-state index is 12.0. The zero-order valence-electron chi connectivity index (χ0n) is 15.2. The Morgan fingerprint density at radius 3 is 2.37 bits per heavy atom. The van der Waals surface area contributed by atoms with Gasteiger partial charge in [-0.2, -0.15) is 0 Å². The Bertz CT molecular complexity index is 1090. The molecule has 27 heavy (non-hydrogen) atoms. The lowest BCUT2D eigenvalue weighted by Crippen LogP contribution is -2.44. The maximum absolute atomic E-state index is 12.0. The molecule has 0 spiro atoms. The Morgan fingerprint density at radius 1 is 0.963 bits per heavy atom. The lowest BCUT2D eigenvalue weighted by Gasteiger charge is -2.34. The van der Waals surface area contributed by atoms with Crippen molar-refractivity contribution in [2.24, 2.45) is 5.14 Å². The number of likely N-dealkylation sites (N-methyl/N-ethyl adjacent to an activating group) is 1. The molecule has 1 aliphatic rings. The molecule has 2 N–H and O–H groups in total. The van der Waals surface area contributed by atoms with Gasteiger partial charge in [0, 0.05) is 37.1 Å². The highest BCUT2D eigenvalue weighted by atomic mass is 32.2. The van der Waals surface area contributed by atoms with Crippen LogP contribution in [0.1, 0.15) is 0 Å². The predicted octanol–water partition coefficient (Wildman–Crippen LogP) is 2.30. The van der Waals surface area contributed by atoms with Crippen LogP contribution in [0.4, 0.5) is 5.82 Å². The Kier molecular flexibility index (Phi) is 4.59. The molecule has 1 fully saturated rings. The Labute approximate surface area is 159 Å². The quantitative estimate of drug-likeness (QED) is 0.752. The molecule has 0 aliphatic carbocycles. The number of hydrogen-bond donors (Lipinski definition) is 1. The Morgan fingerprint density at radius 2 is 1.63 bits per heavy atom. The van der Waals surface area contributed by atoms with Gasteiger partial charge in [0.2, 0.25) is 10.0 Å². The van der Waals surface area contributed by atoms with Crippen LogP contribution in [0.5, 0.6) is 0 Å². The summed E-state index contributed by atoms with van der Waals surface area (Å²) in [7, 11) is -1.73. The van der Waals surface area contributed by atoms with E-state index < -0.39 is 10.0 Å². The number of rotatable bonds is 3. The third-order valence-corrected chi connectivity index (χ3v) is 5.96. The van der Waals surface area contributed by atoms with E-state index in [4.69, 9.17) is 10.1 Å². The fourth-order valence-electron chi connectivity index (χ4n) is 3.50. The van der Waals surface area contributed by atoms with Crippen LogP contribution in [0.3, 0.4) is 0 Å². The Balaban J connectivity index is 1.91. The number of hydrogen-bond acceptors (Lipinski definition) is 5. The molecule has 0 atom stereocenters. The second-order valence-electron chi connectivity index (χ2n) is 6.88. The summed E-state index contributed by atoms with van der Waals surface area (Å²) in [6.45, 7) is 3.70. The third-order valence-electron chi connectivity index (χ3n) is 4.99. The number of anilines is 1. The second-order valence-corrected chi connectivity index (χ2v) is 8.41. The zero-order valence-corrected chi connectivity index (χ0v) is 16.0. The van der Waals surface area contributed by atoms with Crippen molar-refractivity contribution in [2.45, 2.75) is 4.90 Å². The maximum Gasteiger partial charge on any atom is 0.238 e. The summed E-state index contributed by atoms with van der Waals surface area (Å²) >= 11 is 0. The van der Waals surface area contributed by atoms with Crippen molar-refractivity contribution in [3.8, 4) is 11.3 Å². The first-order valence-corrected chi connectivity index (χ1v) is 10.4. The van der Waals surface area contributed by atoms with Gasteiger partial charge in [0.05, 0.1) is 10.6 Å². The molecule has 1 aromatic heterocycles. The lowest BCUT2D eigenvalue weighted by molar-refractivity contribution is 0.312. The molecule has 3 aromatic rings. The van der Waals surface area contributed by atoms with Crippen molar-refractivity contribution in [3.05, 3.63) is 54.6 Å². The average molecular weight is 382 g/mol. The molecule has 0 bridgehead atoms. The van der Waals surface area contributed by atoms with Crippen molar-refractivity contribution in [2.75, 3.05) is 38.1 Å². The third kappa shape index (κ3) is 3.53. The Hall–Kier alpha value is -2.48. The van der Waals surface area contributed by atoms with Crippen molar-refractivity contribution in [1.82, 2.24) is 9.88 Å². The van der Waals surface area contributed by atoms with Gasteiger partial charge >= 0.3 is 0 Å². The fraction of sp³-hybridized carbons (Fsp3) is 0.250. The first-order chi connectivity index (χ1) is 12.9. The van der Waals surface area contributed by atoms with Gasteiger partial charge in [-0.15, -0.1) is 0 Å². The molecule has 2 aromatic carbocycles. The van der Waals surface area contributed by atoms with Crippen LogP contribution >= 0.6 is 0 Å². The van der Waals surface area contributed by atoms with Gasteiger partial charge in [0.25, 0.3) is 0 Å². The largest absolute Gasteiger partial charge is 0.354 e. The molecule has 0 saturated carbocycles. The minimum Gasteiger partial charge on any atom is -0.354 e. The highest BCUT2D eigenvalue weighted by Crippen LogP contribution is 2.32. The van der Waals surface area contributed by atoms with Crippen molar-refractivity contribution in [1.29, 1.82) is 0 Å². The number of sulfonamides is 1. The van der Waals surface area contributed by atoms with Crippen molar-refractivity contribution >= 4 is 26.6 Å². The highest BCUT2D eigenvalue weighted by molar-refractivity contribution is 7.89. The van der Waals surface area contributed by atoms with Gasteiger partial charge in [-0.1, -0.05) is 42.5 Å². The number of aromatic nitrogens is 1. The molecule has 4 rings (SSSR count). The number of pyridine rings is 1. The molecule has 0 unspecified atom stereocenters. The van der Waals surface area contributed by atoms with Gasteiger partial charge in [-0.25, -0.2) is 18.5 Å². The number of primary sulfonamides is 1. The molecule has 1 aliphatic heterocycles. The van der Waals surface area contributed by atoms with E-state index in [1.807, 2.05) is 24.3 Å². The number of nitrogens with zero attached hydrogens (tertiary/aromatic N) is 3. The number of piperazine rings is 1. The van der Waals surface area contributed by atoms with E-state index >= 15 is 0 Å². The average Bonchev–Trinajstić information content (AvgIpc) is 2.67. The molecule has 7 heteroatoms. The van der Waals surface area contributed by atoms with E-state index in [-0.39, 0.29) is 4.90 Å². The minimum absolute atomic E-state index is 0.0945. The van der Waals surface area contributed by atoms with Crippen LogP contribution in [0.15, 0.2) is 59.5 Å². The summed E-state index contributed by atoms with van der Waals surface area (Å²) in [6, 6.07) is 16.8. The van der Waals surface area contributed by atoms with Crippen LogP contribution in [0, 0.1) is 0 Å². The van der Waals surface area contributed by atoms with Gasteiger partial charge in [-0.3, -0.25) is 0 Å². The smallest absolute Gasteiger partial charge is 0.238 e. The molecule has 6 nitrogen and oxygen atoms in total. The van der Waals surface area contributed by atoms with Crippen LogP contribution in [-0.2, 0) is 10.0 Å². The monoisotopic (exact) mass is 382 g/mol. The molecule has 0 amide bonds. The summed E-state index contributed by atoms with van der Waals surface area (Å²) in [6.07, 6.45) is 0. The predicted molar refractivity (Wildman–Crippen MR) is 108 cm³/mol. The van der Waals surface area contributed by atoms with Gasteiger partial charge in [-0.05, 0) is 24.6 Å². The summed E-state index contributed by atoms with van der Waals surface area (Å²) in [5, 5.41) is 7.53. The van der Waals surface area contributed by atoms with Crippen LogP contribution in [-0.4, -0.2) is 51.5 Å². The van der Waals surface area contributed by atoms with Crippen LogP contribution in [0.2, 0.25) is 0 Å². The lowest BCUT2D eigenvalue weighted by atomic mass is 10.1. The van der Waals surface area contributed by atoms with Crippen LogP contribution in [0.25, 0.3) is 22.0 Å². The molecular weight excluding hydrogens is 360 g/mol. The summed E-state index contributed by atoms with van der Waals surface area (Å²) in [4.78, 5) is 9.54. The topological polar surface area (TPSA) is 79.5 Å². The van der Waals surface area contributed by atoms with E-state index in [1.165, 1.54) is 6.07 Å². The molecular formula is C20H22N4O2S. The second kappa shape index (κ2) is 6.92. The van der Waals surface area contributed by atoms with Crippen LogP contribution < -0.4 is 10.0 Å². The van der Waals surface area contributed by atoms with E-state index in [0.717, 1.165) is 42.8 Å². The standard InChI is InChI=1S/C20H22N4O2S/c1-23-10-12-24(13-11-23)20-16-7-3-2-6-15(16)14-18(22-20)17-8-4-5-9-19(17)27(21,25)26/h2-9,14H,10-13H2,1H3,(H2,21,25,26). The first kappa shape index (κ1) is 17.9. The highest BCUT2D eigenvalue weighted by Gasteiger charge is 2.21. The SMILES string of the molecule is CN1CCN(c2nc(-c3ccccc3S(N)(=O)=O)cc3ccccc23)CC1. The molecule has 0 radical (unpaired) electrons. The van der Waals surface area contributed by atoms with E-state index in [1.54, 1.807) is 18.2 Å². The van der Waals surface area contributed by atoms with E-state index in [2.05, 4.69) is 22.9 Å². The van der Waals surface area contributed by atoms with E-state index in [9.17, 15) is 8.42 Å². The molecule has 140 valence electrons. The van der Waals surface area contributed by atoms with Gasteiger partial charge < -0.3 is 9.80 Å². The summed E-state index contributed by atoms with van der Waals surface area (Å²) < 4.78 is 24.1. The van der Waals surface area contributed by atoms with Gasteiger partial charge in [0.1, 0.15) is 5.82 Å². The minimum atomic E-state index is -3.84. The fourth-order valence-corrected chi connectivity index (χ4v) is 4.25. The zero-order chi connectivity index (χ0) is 19.0. The summed E-state index contributed by atoms with van der Waals surface area (Å²) in [5.41, 5.74) is 1.15. The molecule has 1 saturated heterocycles. The number of benzene rings is 2. The first-order valence-electron chi connectivity index (χ1n) is 8.89.